The molecule has 0 aliphatic rings. The van der Waals surface area contributed by atoms with Crippen molar-refractivity contribution in [3.8, 4) is 0 Å². The number of aromatic nitrogens is 2. The molecule has 0 bridgehead atoms. The van der Waals surface area contributed by atoms with Crippen LogP contribution in [0.25, 0.3) is 0 Å². The molecular weight excluding hydrogens is 296 g/mol. The summed E-state index contributed by atoms with van der Waals surface area (Å²) in [4.78, 5) is 19.5. The predicted molar refractivity (Wildman–Crippen MR) is 72.0 cm³/mol. The number of carbonyl (C=O) groups excluding carboxylic acids is 1. The van der Waals surface area contributed by atoms with Crippen molar-refractivity contribution < 1.29 is 4.79 Å². The molecule has 0 radical (unpaired) electrons. The first kappa shape index (κ1) is 12.5. The number of nitrogens with one attached hydrogen (secondary N) is 2. The first-order chi connectivity index (χ1) is 8.74. The molecule has 18 heavy (non-hydrogen) atoms. The summed E-state index contributed by atoms with van der Waals surface area (Å²) in [5, 5.41) is 5.47. The van der Waals surface area contributed by atoms with E-state index in [1.807, 2.05) is 12.1 Å². The SMILES string of the molecule is O=C(NCc1ccncc1)Nc1ccnc(Br)c1. The van der Waals surface area contributed by atoms with Gasteiger partial charge in [0.25, 0.3) is 0 Å². The second-order valence-electron chi connectivity index (χ2n) is 3.53. The zero-order valence-corrected chi connectivity index (χ0v) is 11.0. The maximum atomic E-state index is 11.6. The number of nitrogens with zero attached hydrogens (tertiary/aromatic N) is 2. The van der Waals surface area contributed by atoms with Crippen LogP contribution in [-0.2, 0) is 6.54 Å². The van der Waals surface area contributed by atoms with Crippen LogP contribution in [0, 0.1) is 0 Å². The van der Waals surface area contributed by atoms with Crippen LogP contribution in [0.2, 0.25) is 0 Å². The number of pyridine rings is 2. The molecule has 0 spiro atoms. The third-order valence-electron chi connectivity index (χ3n) is 2.19. The molecule has 0 saturated heterocycles. The molecule has 5 nitrogen and oxygen atoms in total. The van der Waals surface area contributed by atoms with Gasteiger partial charge in [0, 0.05) is 30.8 Å². The van der Waals surface area contributed by atoms with Gasteiger partial charge in [-0.05, 0) is 45.8 Å². The fourth-order valence-electron chi connectivity index (χ4n) is 1.34. The van der Waals surface area contributed by atoms with Crippen molar-refractivity contribution in [2.75, 3.05) is 5.32 Å². The van der Waals surface area contributed by atoms with Crippen molar-refractivity contribution in [1.29, 1.82) is 0 Å². The number of hydrogen-bond acceptors (Lipinski definition) is 3. The topological polar surface area (TPSA) is 66.9 Å². The van der Waals surface area contributed by atoms with Crippen LogP contribution < -0.4 is 10.6 Å². The number of urea groups is 1. The van der Waals surface area contributed by atoms with Crippen LogP contribution in [0.5, 0.6) is 0 Å². The van der Waals surface area contributed by atoms with Gasteiger partial charge in [0.05, 0.1) is 0 Å². The van der Waals surface area contributed by atoms with Crippen LogP contribution >= 0.6 is 15.9 Å². The first-order valence-corrected chi connectivity index (χ1v) is 6.08. The van der Waals surface area contributed by atoms with E-state index in [0.29, 0.717) is 16.8 Å². The highest BCUT2D eigenvalue weighted by atomic mass is 79.9. The van der Waals surface area contributed by atoms with E-state index in [0.717, 1.165) is 5.56 Å². The normalized spacial score (nSPS) is 9.83. The van der Waals surface area contributed by atoms with Gasteiger partial charge < -0.3 is 10.6 Å². The molecule has 0 aromatic carbocycles. The van der Waals surface area contributed by atoms with Gasteiger partial charge >= 0.3 is 6.03 Å². The van der Waals surface area contributed by atoms with Crippen LogP contribution in [0.4, 0.5) is 10.5 Å². The minimum Gasteiger partial charge on any atom is -0.334 e. The smallest absolute Gasteiger partial charge is 0.319 e. The van der Waals surface area contributed by atoms with Crippen molar-refractivity contribution in [3.63, 3.8) is 0 Å². The van der Waals surface area contributed by atoms with Gasteiger partial charge in [0.1, 0.15) is 4.60 Å². The minimum atomic E-state index is -0.259. The molecule has 0 saturated carbocycles. The summed E-state index contributed by atoms with van der Waals surface area (Å²) in [6.45, 7) is 0.459. The van der Waals surface area contributed by atoms with Crippen LogP contribution in [0.3, 0.4) is 0 Å². The Kier molecular flexibility index (Phi) is 4.25. The molecule has 0 fully saturated rings. The predicted octanol–water partition coefficient (Wildman–Crippen LogP) is 2.56. The highest BCUT2D eigenvalue weighted by molar-refractivity contribution is 9.10. The van der Waals surface area contributed by atoms with Gasteiger partial charge in [-0.2, -0.15) is 0 Å². The maximum absolute atomic E-state index is 11.6. The molecule has 2 N–H and O–H groups in total. The van der Waals surface area contributed by atoms with Crippen LogP contribution in [0.1, 0.15) is 5.56 Å². The van der Waals surface area contributed by atoms with E-state index in [1.165, 1.54) is 0 Å². The number of amides is 2. The Morgan fingerprint density at radius 1 is 1.22 bits per heavy atom. The third kappa shape index (κ3) is 3.81. The van der Waals surface area contributed by atoms with Crippen molar-refractivity contribution in [1.82, 2.24) is 15.3 Å². The van der Waals surface area contributed by atoms with E-state index in [2.05, 4.69) is 36.5 Å². The summed E-state index contributed by atoms with van der Waals surface area (Å²) < 4.78 is 0.675. The zero-order valence-electron chi connectivity index (χ0n) is 9.43. The van der Waals surface area contributed by atoms with E-state index < -0.39 is 0 Å². The molecule has 2 amide bonds. The van der Waals surface area contributed by atoms with E-state index in [4.69, 9.17) is 0 Å². The van der Waals surface area contributed by atoms with Crippen molar-refractivity contribution in [3.05, 3.63) is 53.0 Å². The Bertz CT molecular complexity index is 533. The van der Waals surface area contributed by atoms with E-state index in [9.17, 15) is 4.79 Å². The van der Waals surface area contributed by atoms with Crippen molar-refractivity contribution >= 4 is 27.6 Å². The Hall–Kier alpha value is -1.95. The van der Waals surface area contributed by atoms with Gasteiger partial charge in [-0.25, -0.2) is 9.78 Å². The molecule has 6 heteroatoms. The molecule has 2 rings (SSSR count). The lowest BCUT2D eigenvalue weighted by Crippen LogP contribution is -2.28. The van der Waals surface area contributed by atoms with Crippen molar-refractivity contribution in [2.45, 2.75) is 6.54 Å². The monoisotopic (exact) mass is 306 g/mol. The number of carbonyl (C=O) groups is 1. The lowest BCUT2D eigenvalue weighted by molar-refractivity contribution is 0.251. The lowest BCUT2D eigenvalue weighted by atomic mass is 10.3. The Balaban J connectivity index is 1.86. The average Bonchev–Trinajstić information content (AvgIpc) is 2.38. The van der Waals surface area contributed by atoms with E-state index in [1.54, 1.807) is 30.7 Å². The summed E-state index contributed by atoms with van der Waals surface area (Å²) in [5.74, 6) is 0. The fraction of sp³-hybridized carbons (Fsp3) is 0.0833. The standard InChI is InChI=1S/C12H11BrN4O/c13-11-7-10(3-6-15-11)17-12(18)16-8-9-1-4-14-5-2-9/h1-7H,8H2,(H2,15,16,17,18). The van der Waals surface area contributed by atoms with Crippen LogP contribution in [0.15, 0.2) is 47.5 Å². The number of rotatable bonds is 3. The molecular formula is C12H11BrN4O. The van der Waals surface area contributed by atoms with E-state index >= 15 is 0 Å². The molecule has 2 aromatic heterocycles. The highest BCUT2D eigenvalue weighted by Crippen LogP contribution is 2.12. The van der Waals surface area contributed by atoms with Gasteiger partial charge in [-0.15, -0.1) is 0 Å². The molecule has 0 atom stereocenters. The number of halogens is 1. The van der Waals surface area contributed by atoms with Gasteiger partial charge in [0.15, 0.2) is 0 Å². The Morgan fingerprint density at radius 2 is 2.00 bits per heavy atom. The molecule has 2 aromatic rings. The summed E-state index contributed by atoms with van der Waals surface area (Å²) >= 11 is 3.24. The van der Waals surface area contributed by atoms with Gasteiger partial charge in [0.2, 0.25) is 0 Å². The Morgan fingerprint density at radius 3 is 2.72 bits per heavy atom. The van der Waals surface area contributed by atoms with E-state index in [-0.39, 0.29) is 6.03 Å². The zero-order chi connectivity index (χ0) is 12.8. The molecule has 0 aliphatic heterocycles. The third-order valence-corrected chi connectivity index (χ3v) is 2.62. The Labute approximate surface area is 113 Å². The summed E-state index contributed by atoms with van der Waals surface area (Å²) in [5.41, 5.74) is 1.68. The summed E-state index contributed by atoms with van der Waals surface area (Å²) in [7, 11) is 0. The molecule has 92 valence electrons. The molecule has 2 heterocycles. The average molecular weight is 307 g/mol. The highest BCUT2D eigenvalue weighted by Gasteiger charge is 2.02. The van der Waals surface area contributed by atoms with Crippen molar-refractivity contribution in [2.24, 2.45) is 0 Å². The number of anilines is 1. The number of hydrogen-bond donors (Lipinski definition) is 2. The quantitative estimate of drug-likeness (QED) is 0.856. The lowest BCUT2D eigenvalue weighted by Gasteiger charge is -2.07. The first-order valence-electron chi connectivity index (χ1n) is 5.29. The molecule has 0 aliphatic carbocycles. The second kappa shape index (κ2) is 6.11. The minimum absolute atomic E-state index is 0.259. The largest absolute Gasteiger partial charge is 0.334 e. The maximum Gasteiger partial charge on any atom is 0.319 e. The molecule has 0 unspecified atom stereocenters. The summed E-state index contributed by atoms with van der Waals surface area (Å²) in [6, 6.07) is 6.89. The van der Waals surface area contributed by atoms with Gasteiger partial charge in [-0.3, -0.25) is 4.98 Å². The van der Waals surface area contributed by atoms with Gasteiger partial charge in [-0.1, -0.05) is 0 Å². The fourth-order valence-corrected chi connectivity index (χ4v) is 1.70. The second-order valence-corrected chi connectivity index (χ2v) is 4.34. The summed E-state index contributed by atoms with van der Waals surface area (Å²) in [6.07, 6.45) is 4.99. The van der Waals surface area contributed by atoms with Crippen LogP contribution in [-0.4, -0.2) is 16.0 Å².